The molecule has 0 aliphatic heterocycles. The van der Waals surface area contributed by atoms with Gasteiger partial charge in [-0.05, 0) is 30.7 Å². The molecule has 1 aromatic rings. The van der Waals surface area contributed by atoms with Crippen LogP contribution in [-0.2, 0) is 4.79 Å². The standard InChI is InChI=1S/C13H12F2N2O3/c1-7-2-5-10(17(20)6-7)16-12-8(13(18)19)3-4-9(14)11(12)15/h2-6,9,11,16H,1H3,(H,18,19). The summed E-state index contributed by atoms with van der Waals surface area (Å²) in [5, 5.41) is 23.0. The van der Waals surface area contributed by atoms with E-state index in [0.717, 1.165) is 12.2 Å². The fourth-order valence-electron chi connectivity index (χ4n) is 1.82. The minimum Gasteiger partial charge on any atom is -0.711 e. The summed E-state index contributed by atoms with van der Waals surface area (Å²) in [7, 11) is 0. The number of carbonyl (C=O) groups is 1. The van der Waals surface area contributed by atoms with E-state index in [0.29, 0.717) is 10.3 Å². The van der Waals surface area contributed by atoms with E-state index >= 15 is 0 Å². The molecule has 0 fully saturated rings. The number of hydrogen-bond donors (Lipinski definition) is 2. The molecule has 2 atom stereocenters. The molecule has 0 radical (unpaired) electrons. The van der Waals surface area contributed by atoms with Crippen LogP contribution >= 0.6 is 0 Å². The number of alkyl halides is 2. The maximum absolute atomic E-state index is 13.8. The second-order valence-electron chi connectivity index (χ2n) is 4.38. The SMILES string of the molecule is Cc1ccc(NC2=C(C(=O)O)C=CC(F)C2F)[n+]([O-])c1. The minimum atomic E-state index is -2.16. The summed E-state index contributed by atoms with van der Waals surface area (Å²) in [6.07, 6.45) is -1.06. The zero-order valence-corrected chi connectivity index (χ0v) is 10.5. The quantitative estimate of drug-likeness (QED) is 0.652. The molecule has 0 saturated carbocycles. The second-order valence-corrected chi connectivity index (χ2v) is 4.38. The maximum atomic E-state index is 13.8. The van der Waals surface area contributed by atoms with Crippen LogP contribution in [-0.4, -0.2) is 23.4 Å². The molecule has 1 aliphatic carbocycles. The van der Waals surface area contributed by atoms with Gasteiger partial charge in [-0.15, -0.1) is 0 Å². The Balaban J connectivity index is 2.41. The highest BCUT2D eigenvalue weighted by Crippen LogP contribution is 2.25. The third-order valence-corrected chi connectivity index (χ3v) is 2.85. The lowest BCUT2D eigenvalue weighted by Crippen LogP contribution is -2.35. The van der Waals surface area contributed by atoms with Gasteiger partial charge in [0.05, 0.1) is 6.20 Å². The zero-order valence-electron chi connectivity index (χ0n) is 10.5. The van der Waals surface area contributed by atoms with Gasteiger partial charge in [-0.3, -0.25) is 0 Å². The Labute approximate surface area is 113 Å². The van der Waals surface area contributed by atoms with Crippen LogP contribution in [0.3, 0.4) is 0 Å². The molecular weight excluding hydrogens is 270 g/mol. The molecule has 7 heteroatoms. The van der Waals surface area contributed by atoms with Gasteiger partial charge in [-0.1, -0.05) is 0 Å². The first kappa shape index (κ1) is 14.0. The van der Waals surface area contributed by atoms with Crippen LogP contribution in [0.5, 0.6) is 0 Å². The first-order valence-electron chi connectivity index (χ1n) is 5.81. The number of allylic oxidation sites excluding steroid dienone is 2. The Kier molecular flexibility index (Phi) is 3.69. The Bertz CT molecular complexity index is 614. The topological polar surface area (TPSA) is 76.3 Å². The number of halogens is 2. The van der Waals surface area contributed by atoms with Crippen LogP contribution < -0.4 is 10.0 Å². The molecule has 0 aromatic carbocycles. The zero-order chi connectivity index (χ0) is 14.9. The highest BCUT2D eigenvalue weighted by molar-refractivity contribution is 5.92. The van der Waals surface area contributed by atoms with Crippen molar-refractivity contribution in [3.05, 3.63) is 52.5 Å². The molecule has 2 unspecified atom stereocenters. The number of nitrogens with zero attached hydrogens (tertiary/aromatic N) is 1. The van der Waals surface area contributed by atoms with E-state index in [-0.39, 0.29) is 5.82 Å². The second kappa shape index (κ2) is 5.28. The van der Waals surface area contributed by atoms with Crippen LogP contribution in [0.15, 0.2) is 41.8 Å². The van der Waals surface area contributed by atoms with Crippen LogP contribution in [0.4, 0.5) is 14.6 Å². The van der Waals surface area contributed by atoms with E-state index in [1.54, 1.807) is 13.0 Å². The van der Waals surface area contributed by atoms with E-state index in [1.165, 1.54) is 12.3 Å². The molecule has 2 rings (SSSR count). The molecule has 1 aliphatic rings. The summed E-state index contributed by atoms with van der Waals surface area (Å²) in [6, 6.07) is 2.96. The highest BCUT2D eigenvalue weighted by atomic mass is 19.2. The Morgan fingerprint density at radius 3 is 2.75 bits per heavy atom. The van der Waals surface area contributed by atoms with Crippen molar-refractivity contribution >= 4 is 11.8 Å². The van der Waals surface area contributed by atoms with Crippen LogP contribution in [0, 0.1) is 12.1 Å². The molecule has 0 amide bonds. The fraction of sp³-hybridized carbons (Fsp3) is 0.231. The Hall–Kier alpha value is -2.44. The molecule has 0 bridgehead atoms. The number of pyridine rings is 1. The molecule has 2 N–H and O–H groups in total. The molecule has 0 spiro atoms. The number of aromatic nitrogens is 1. The lowest BCUT2D eigenvalue weighted by molar-refractivity contribution is -0.590. The van der Waals surface area contributed by atoms with Gasteiger partial charge in [0.2, 0.25) is 0 Å². The van der Waals surface area contributed by atoms with Crippen molar-refractivity contribution in [3.8, 4) is 0 Å². The van der Waals surface area contributed by atoms with E-state index in [2.05, 4.69) is 5.32 Å². The monoisotopic (exact) mass is 282 g/mol. The van der Waals surface area contributed by atoms with Gasteiger partial charge in [-0.2, -0.15) is 0 Å². The van der Waals surface area contributed by atoms with Crippen molar-refractivity contribution in [1.29, 1.82) is 0 Å². The van der Waals surface area contributed by atoms with Gasteiger partial charge in [-0.25, -0.2) is 23.6 Å². The van der Waals surface area contributed by atoms with Crippen molar-refractivity contribution in [2.75, 3.05) is 5.32 Å². The Morgan fingerprint density at radius 1 is 1.45 bits per heavy atom. The third-order valence-electron chi connectivity index (χ3n) is 2.85. The average molecular weight is 282 g/mol. The van der Waals surface area contributed by atoms with Gasteiger partial charge in [0.1, 0.15) is 5.57 Å². The van der Waals surface area contributed by atoms with Gasteiger partial charge < -0.3 is 10.3 Å². The number of anilines is 1. The normalized spacial score (nSPS) is 21.9. The number of aliphatic carboxylic acids is 1. The van der Waals surface area contributed by atoms with Crippen molar-refractivity contribution in [2.24, 2.45) is 0 Å². The smallest absolute Gasteiger partial charge is 0.339 e. The number of nitrogens with one attached hydrogen (secondary N) is 1. The van der Waals surface area contributed by atoms with Crippen molar-refractivity contribution in [3.63, 3.8) is 0 Å². The van der Waals surface area contributed by atoms with Crippen molar-refractivity contribution in [1.82, 2.24) is 0 Å². The number of rotatable bonds is 3. The van der Waals surface area contributed by atoms with Gasteiger partial charge >= 0.3 is 5.97 Å². The van der Waals surface area contributed by atoms with Crippen LogP contribution in [0.25, 0.3) is 0 Å². The summed E-state index contributed by atoms with van der Waals surface area (Å²) >= 11 is 0. The first-order chi connectivity index (χ1) is 9.40. The van der Waals surface area contributed by atoms with E-state index in [1.807, 2.05) is 0 Å². The number of aryl methyl sites for hydroxylation is 1. The predicted molar refractivity (Wildman–Crippen MR) is 67.4 cm³/mol. The summed E-state index contributed by atoms with van der Waals surface area (Å²) < 4.78 is 27.6. The van der Waals surface area contributed by atoms with Crippen LogP contribution in [0.2, 0.25) is 0 Å². The molecule has 0 saturated heterocycles. The number of hydrogen-bond acceptors (Lipinski definition) is 3. The fourth-order valence-corrected chi connectivity index (χ4v) is 1.82. The van der Waals surface area contributed by atoms with E-state index in [9.17, 15) is 18.8 Å². The lowest BCUT2D eigenvalue weighted by Gasteiger charge is -2.19. The highest BCUT2D eigenvalue weighted by Gasteiger charge is 2.34. The number of carboxylic acids is 1. The summed E-state index contributed by atoms with van der Waals surface area (Å²) in [4.78, 5) is 11.0. The molecule has 106 valence electrons. The van der Waals surface area contributed by atoms with Gasteiger partial charge in [0, 0.05) is 6.07 Å². The Morgan fingerprint density at radius 2 is 2.15 bits per heavy atom. The minimum absolute atomic E-state index is 0.0745. The number of carboxylic acid groups (broad SMARTS) is 1. The largest absolute Gasteiger partial charge is 0.711 e. The van der Waals surface area contributed by atoms with Gasteiger partial charge in [0.15, 0.2) is 18.0 Å². The molecule has 5 nitrogen and oxygen atoms in total. The lowest BCUT2D eigenvalue weighted by atomic mass is 10.00. The molecular formula is C13H12F2N2O3. The first-order valence-corrected chi connectivity index (χ1v) is 5.81. The van der Waals surface area contributed by atoms with Crippen molar-refractivity contribution in [2.45, 2.75) is 19.3 Å². The molecule has 1 aromatic heterocycles. The van der Waals surface area contributed by atoms with Crippen LogP contribution in [0.1, 0.15) is 5.56 Å². The van der Waals surface area contributed by atoms with E-state index in [4.69, 9.17) is 5.11 Å². The summed E-state index contributed by atoms with van der Waals surface area (Å²) in [5.74, 6) is -1.47. The maximum Gasteiger partial charge on any atom is 0.339 e. The van der Waals surface area contributed by atoms with E-state index < -0.39 is 29.6 Å². The van der Waals surface area contributed by atoms with Gasteiger partial charge in [0.25, 0.3) is 5.82 Å². The molecule has 1 heterocycles. The third kappa shape index (κ3) is 2.61. The summed E-state index contributed by atoms with van der Waals surface area (Å²) in [5.41, 5.74) is -0.199. The van der Waals surface area contributed by atoms with Crippen molar-refractivity contribution < 1.29 is 23.4 Å². The molecule has 20 heavy (non-hydrogen) atoms. The predicted octanol–water partition coefficient (Wildman–Crippen LogP) is 1.63. The average Bonchev–Trinajstić information content (AvgIpc) is 2.37. The summed E-state index contributed by atoms with van der Waals surface area (Å²) in [6.45, 7) is 1.69.